The van der Waals surface area contributed by atoms with E-state index in [1.165, 1.54) is 0 Å². The normalized spacial score (nSPS) is 38.8. The van der Waals surface area contributed by atoms with Crippen molar-refractivity contribution in [3.8, 4) is 0 Å². The van der Waals surface area contributed by atoms with Crippen molar-refractivity contribution in [3.05, 3.63) is 46.9 Å². The molecule has 6 unspecified atom stereocenters. The van der Waals surface area contributed by atoms with Crippen LogP contribution in [0.4, 0.5) is 0 Å². The van der Waals surface area contributed by atoms with Crippen molar-refractivity contribution in [1.29, 1.82) is 0 Å². The zero-order valence-corrected chi connectivity index (χ0v) is 13.7. The topological polar surface area (TPSA) is 75.3 Å². The van der Waals surface area contributed by atoms with Gasteiger partial charge in [0.2, 0.25) is 5.91 Å². The Labute approximate surface area is 140 Å². The third kappa shape index (κ3) is 2.51. The number of nitrogens with two attached hydrogens (primary N) is 1. The number of allylic oxidation sites excluding steroid dienone is 1. The summed E-state index contributed by atoms with van der Waals surface area (Å²) in [5, 5.41) is 15.9. The lowest BCUT2D eigenvalue weighted by Gasteiger charge is -2.48. The number of carbonyl (C=O) groups is 1. The van der Waals surface area contributed by atoms with Crippen molar-refractivity contribution in [1.82, 2.24) is 5.32 Å². The van der Waals surface area contributed by atoms with E-state index in [9.17, 15) is 9.90 Å². The van der Waals surface area contributed by atoms with Crippen LogP contribution < -0.4 is 11.1 Å². The average molecular weight is 330 g/mol. The molecule has 5 heteroatoms. The number of fused-ring (bicyclic) bond motifs is 3. The maximum atomic E-state index is 12.3. The highest BCUT2D eigenvalue weighted by atomic mass is 32.2. The van der Waals surface area contributed by atoms with Crippen LogP contribution in [0.5, 0.6) is 0 Å². The van der Waals surface area contributed by atoms with Crippen LogP contribution in [-0.4, -0.2) is 28.4 Å². The number of rotatable bonds is 2. The van der Waals surface area contributed by atoms with E-state index in [0.29, 0.717) is 6.54 Å². The standard InChI is InChI=1S/C18H22N2O2S/c19-9-10-1-3-11(4-2-10)15-14(21)6-5-13-16(15)12-7-8-23-17(12)18(22)20-13/h1-4,7-8,12-17,21H,5-6,9,19H2,(H,20,22). The molecule has 2 fully saturated rings. The highest BCUT2D eigenvalue weighted by Crippen LogP contribution is 2.50. The van der Waals surface area contributed by atoms with E-state index in [2.05, 4.69) is 23.5 Å². The number of hydrogen-bond acceptors (Lipinski definition) is 4. The third-order valence-corrected chi connectivity index (χ3v) is 6.71. The molecule has 1 saturated carbocycles. The van der Waals surface area contributed by atoms with Crippen molar-refractivity contribution in [3.63, 3.8) is 0 Å². The lowest BCUT2D eigenvalue weighted by molar-refractivity contribution is -0.126. The number of amides is 1. The molecule has 4 N–H and O–H groups in total. The molecule has 2 heterocycles. The molecule has 0 radical (unpaired) electrons. The van der Waals surface area contributed by atoms with Gasteiger partial charge in [-0.3, -0.25) is 4.79 Å². The van der Waals surface area contributed by atoms with E-state index in [-0.39, 0.29) is 41.1 Å². The molecule has 4 rings (SSSR count). The van der Waals surface area contributed by atoms with E-state index in [0.717, 1.165) is 24.0 Å². The monoisotopic (exact) mass is 330 g/mol. The maximum absolute atomic E-state index is 12.3. The number of piperidine rings is 1. The first-order valence-electron chi connectivity index (χ1n) is 8.28. The number of nitrogens with one attached hydrogen (secondary N) is 1. The van der Waals surface area contributed by atoms with Crippen molar-refractivity contribution >= 4 is 17.7 Å². The summed E-state index contributed by atoms with van der Waals surface area (Å²) in [5.41, 5.74) is 7.94. The lowest BCUT2D eigenvalue weighted by Crippen LogP contribution is -2.59. The zero-order valence-electron chi connectivity index (χ0n) is 12.9. The largest absolute Gasteiger partial charge is 0.392 e. The smallest absolute Gasteiger partial charge is 0.234 e. The quantitative estimate of drug-likeness (QED) is 0.772. The Balaban J connectivity index is 1.70. The van der Waals surface area contributed by atoms with Gasteiger partial charge in [-0.25, -0.2) is 0 Å². The molecule has 3 aliphatic rings. The molecule has 1 saturated heterocycles. The lowest BCUT2D eigenvalue weighted by atomic mass is 9.63. The summed E-state index contributed by atoms with van der Waals surface area (Å²) >= 11 is 1.60. The van der Waals surface area contributed by atoms with Crippen molar-refractivity contribution in [2.24, 2.45) is 17.6 Å². The summed E-state index contributed by atoms with van der Waals surface area (Å²) in [6.07, 6.45) is 3.41. The molecule has 0 spiro atoms. The second kappa shape index (κ2) is 5.96. The van der Waals surface area contributed by atoms with Crippen molar-refractivity contribution in [2.75, 3.05) is 0 Å². The number of hydrogen-bond donors (Lipinski definition) is 3. The van der Waals surface area contributed by atoms with Crippen molar-refractivity contribution in [2.45, 2.75) is 42.7 Å². The van der Waals surface area contributed by atoms with Gasteiger partial charge >= 0.3 is 0 Å². The first-order valence-corrected chi connectivity index (χ1v) is 9.23. The van der Waals surface area contributed by atoms with Gasteiger partial charge in [-0.1, -0.05) is 30.3 Å². The minimum atomic E-state index is -0.352. The second-order valence-electron chi connectivity index (χ2n) is 6.77. The maximum Gasteiger partial charge on any atom is 0.234 e. The Morgan fingerprint density at radius 1 is 1.26 bits per heavy atom. The highest BCUT2D eigenvalue weighted by molar-refractivity contribution is 8.03. The summed E-state index contributed by atoms with van der Waals surface area (Å²) in [4.78, 5) is 12.3. The van der Waals surface area contributed by atoms with Gasteiger partial charge < -0.3 is 16.2 Å². The molecular formula is C18H22N2O2S. The van der Waals surface area contributed by atoms with Gasteiger partial charge in [0.1, 0.15) is 0 Å². The molecule has 0 aromatic heterocycles. The van der Waals surface area contributed by atoms with Gasteiger partial charge in [-0.15, -0.1) is 11.8 Å². The van der Waals surface area contributed by atoms with Gasteiger partial charge in [-0.05, 0) is 35.3 Å². The predicted octanol–water partition coefficient (Wildman–Crippen LogP) is 1.74. The number of benzene rings is 1. The van der Waals surface area contributed by atoms with Crippen LogP contribution in [0.3, 0.4) is 0 Å². The fraction of sp³-hybridized carbons (Fsp3) is 0.500. The second-order valence-corrected chi connectivity index (χ2v) is 7.82. The van der Waals surface area contributed by atoms with E-state index in [1.54, 1.807) is 11.8 Å². The van der Waals surface area contributed by atoms with E-state index < -0.39 is 0 Å². The van der Waals surface area contributed by atoms with Crippen LogP contribution in [0.2, 0.25) is 0 Å². The van der Waals surface area contributed by atoms with Crippen LogP contribution in [0.15, 0.2) is 35.7 Å². The first kappa shape index (κ1) is 15.2. The third-order valence-electron chi connectivity index (χ3n) is 5.57. The summed E-state index contributed by atoms with van der Waals surface area (Å²) in [6.45, 7) is 0.527. The van der Waals surface area contributed by atoms with Gasteiger partial charge in [0.25, 0.3) is 0 Å². The Kier molecular flexibility index (Phi) is 3.95. The van der Waals surface area contributed by atoms with E-state index in [4.69, 9.17) is 5.73 Å². The molecule has 2 aliphatic heterocycles. The predicted molar refractivity (Wildman–Crippen MR) is 91.7 cm³/mol. The zero-order chi connectivity index (χ0) is 16.0. The summed E-state index contributed by atoms with van der Waals surface area (Å²) in [7, 11) is 0. The Hall–Kier alpha value is -1.30. The molecule has 23 heavy (non-hydrogen) atoms. The average Bonchev–Trinajstić information content (AvgIpc) is 3.06. The SMILES string of the molecule is NCc1ccc(C2C(O)CCC3NC(=O)C4SC=CC4C32)cc1. The van der Waals surface area contributed by atoms with Gasteiger partial charge in [0.15, 0.2) is 0 Å². The summed E-state index contributed by atoms with van der Waals surface area (Å²) in [5.74, 6) is 0.696. The fourth-order valence-electron chi connectivity index (χ4n) is 4.47. The molecule has 1 amide bonds. The molecular weight excluding hydrogens is 308 g/mol. The van der Waals surface area contributed by atoms with Gasteiger partial charge in [-0.2, -0.15) is 0 Å². The van der Waals surface area contributed by atoms with Crippen LogP contribution in [0, 0.1) is 11.8 Å². The molecule has 1 aromatic carbocycles. The minimum absolute atomic E-state index is 0.0348. The molecule has 0 bridgehead atoms. The fourth-order valence-corrected chi connectivity index (χ4v) is 5.56. The molecule has 6 atom stereocenters. The Bertz CT molecular complexity index is 630. The van der Waals surface area contributed by atoms with Gasteiger partial charge in [0.05, 0.1) is 11.4 Å². The highest BCUT2D eigenvalue weighted by Gasteiger charge is 2.51. The van der Waals surface area contributed by atoms with Gasteiger partial charge in [0, 0.05) is 24.4 Å². The Morgan fingerprint density at radius 3 is 2.78 bits per heavy atom. The van der Waals surface area contributed by atoms with Crippen LogP contribution in [0.25, 0.3) is 0 Å². The van der Waals surface area contributed by atoms with Crippen LogP contribution in [-0.2, 0) is 11.3 Å². The van der Waals surface area contributed by atoms with E-state index >= 15 is 0 Å². The molecule has 4 nitrogen and oxygen atoms in total. The molecule has 1 aromatic rings. The number of aliphatic hydroxyl groups is 1. The van der Waals surface area contributed by atoms with E-state index in [1.807, 2.05) is 17.5 Å². The summed E-state index contributed by atoms with van der Waals surface area (Å²) in [6, 6.07) is 8.44. The van der Waals surface area contributed by atoms with Crippen molar-refractivity contribution < 1.29 is 9.90 Å². The van der Waals surface area contributed by atoms with Crippen LogP contribution in [0.1, 0.15) is 29.9 Å². The Morgan fingerprint density at radius 2 is 2.04 bits per heavy atom. The number of carbonyl (C=O) groups excluding carboxylic acids is 1. The molecule has 122 valence electrons. The first-order chi connectivity index (χ1) is 11.2. The number of aliphatic hydroxyl groups excluding tert-OH is 1. The molecule has 1 aliphatic carbocycles. The minimum Gasteiger partial charge on any atom is -0.392 e. The van der Waals surface area contributed by atoms with Crippen LogP contribution >= 0.6 is 11.8 Å². The number of thioether (sulfide) groups is 1. The summed E-state index contributed by atoms with van der Waals surface area (Å²) < 4.78 is 0.